The zero-order valence-corrected chi connectivity index (χ0v) is 19.3. The number of aryl methyl sites for hydroxylation is 1. The molecule has 0 saturated carbocycles. The summed E-state index contributed by atoms with van der Waals surface area (Å²) in [5.74, 6) is -0.411. The van der Waals surface area contributed by atoms with Crippen LogP contribution in [-0.2, 0) is 0 Å². The number of anilines is 2. The molecule has 1 saturated heterocycles. The first-order valence-electron chi connectivity index (χ1n) is 10.8. The maximum atomic E-state index is 13.1. The molecular formula is C23H22N8O2S. The first-order valence-corrected chi connectivity index (χ1v) is 11.7. The van der Waals surface area contributed by atoms with Gasteiger partial charge < -0.3 is 16.6 Å². The van der Waals surface area contributed by atoms with E-state index < -0.39 is 5.90 Å². The Labute approximate surface area is 199 Å². The Hall–Kier alpha value is -4.17. The molecule has 4 heterocycles. The molecule has 1 aliphatic heterocycles. The number of pyridine rings is 1. The van der Waals surface area contributed by atoms with Crippen molar-refractivity contribution in [3.05, 3.63) is 46.5 Å². The fourth-order valence-electron chi connectivity index (χ4n) is 4.10. The maximum absolute atomic E-state index is 13.1. The molecule has 4 N–H and O–H groups in total. The van der Waals surface area contributed by atoms with Crippen LogP contribution in [0.5, 0.6) is 0 Å². The Balaban J connectivity index is 1.59. The predicted molar refractivity (Wildman–Crippen MR) is 128 cm³/mol. The zero-order valence-electron chi connectivity index (χ0n) is 18.5. The van der Waals surface area contributed by atoms with Crippen LogP contribution in [0.4, 0.5) is 17.4 Å². The van der Waals surface area contributed by atoms with E-state index in [4.69, 9.17) is 16.0 Å². The van der Waals surface area contributed by atoms with Crippen molar-refractivity contribution < 1.29 is 14.4 Å². The van der Waals surface area contributed by atoms with Crippen molar-refractivity contribution >= 4 is 44.8 Å². The van der Waals surface area contributed by atoms with Gasteiger partial charge in [0.25, 0.3) is 6.20 Å². The van der Waals surface area contributed by atoms with Gasteiger partial charge in [0.2, 0.25) is 5.27 Å². The van der Waals surface area contributed by atoms with E-state index in [0.29, 0.717) is 15.8 Å². The number of hydrogen-bond donors (Lipinski definition) is 2. The molecule has 0 aliphatic carbocycles. The molecule has 0 radical (unpaired) electrons. The average molecular weight is 475 g/mol. The van der Waals surface area contributed by atoms with Crippen LogP contribution in [0.1, 0.15) is 35.3 Å². The molecule has 0 bridgehead atoms. The van der Waals surface area contributed by atoms with E-state index in [0.717, 1.165) is 48.4 Å². The predicted octanol–water partition coefficient (Wildman–Crippen LogP) is 2.14. The van der Waals surface area contributed by atoms with Crippen molar-refractivity contribution in [3.63, 3.8) is 0 Å². The number of nitriles is 1. The summed E-state index contributed by atoms with van der Waals surface area (Å²) < 4.78 is 5.25. The molecule has 1 aromatic carbocycles. The number of thiophene rings is 1. The van der Waals surface area contributed by atoms with Crippen molar-refractivity contribution in [3.8, 4) is 17.2 Å². The summed E-state index contributed by atoms with van der Waals surface area (Å²) in [6.45, 7) is 3.70. The maximum Gasteiger partial charge on any atom is 0.324 e. The van der Waals surface area contributed by atoms with Gasteiger partial charge in [-0.3, -0.25) is 4.52 Å². The molecule has 172 valence electrons. The molecule has 5 rings (SSSR count). The highest BCUT2D eigenvalue weighted by Crippen LogP contribution is 2.42. The Morgan fingerprint density at radius 3 is 2.68 bits per heavy atom. The first kappa shape index (κ1) is 21.7. The van der Waals surface area contributed by atoms with Crippen molar-refractivity contribution in [2.45, 2.75) is 26.2 Å². The van der Waals surface area contributed by atoms with Gasteiger partial charge in [-0.05, 0) is 31.7 Å². The summed E-state index contributed by atoms with van der Waals surface area (Å²) in [5, 5.41) is 29.3. The normalized spacial score (nSPS) is 14.5. The largest absolute Gasteiger partial charge is 0.857 e. The molecule has 4 aromatic rings. The number of nitrogens with two attached hydrogens (primary N) is 2. The summed E-state index contributed by atoms with van der Waals surface area (Å²) in [6, 6.07) is 9.78. The summed E-state index contributed by atoms with van der Waals surface area (Å²) in [6.07, 6.45) is 4.92. The zero-order chi connectivity index (χ0) is 23.8. The Bertz CT molecular complexity index is 1440. The van der Waals surface area contributed by atoms with Crippen molar-refractivity contribution in [2.75, 3.05) is 29.6 Å². The summed E-state index contributed by atoms with van der Waals surface area (Å²) in [7, 11) is 0. The molecule has 1 aliphatic rings. The van der Waals surface area contributed by atoms with Crippen LogP contribution in [0.3, 0.4) is 0 Å². The van der Waals surface area contributed by atoms with Crippen LogP contribution in [0, 0.1) is 18.3 Å². The van der Waals surface area contributed by atoms with E-state index in [9.17, 15) is 10.4 Å². The minimum atomic E-state index is -0.575. The summed E-state index contributed by atoms with van der Waals surface area (Å²) in [5.41, 5.74) is 15.3. The topological polar surface area (TPSA) is 157 Å². The number of nitrogen functional groups attached to an aromatic ring is 2. The average Bonchev–Trinajstić information content (AvgIpc) is 3.44. The number of rotatable bonds is 4. The smallest absolute Gasteiger partial charge is 0.324 e. The number of aromatic nitrogens is 3. The van der Waals surface area contributed by atoms with E-state index in [1.54, 1.807) is 11.0 Å². The Morgan fingerprint density at radius 1 is 1.24 bits per heavy atom. The van der Waals surface area contributed by atoms with Gasteiger partial charge in [0.05, 0.1) is 28.4 Å². The molecule has 0 unspecified atom stereocenters. The molecule has 1 fully saturated rings. The van der Waals surface area contributed by atoms with E-state index >= 15 is 0 Å². The van der Waals surface area contributed by atoms with Gasteiger partial charge in [0, 0.05) is 16.8 Å². The van der Waals surface area contributed by atoms with Crippen LogP contribution in [-0.4, -0.2) is 29.2 Å². The van der Waals surface area contributed by atoms with Crippen LogP contribution in [0.2, 0.25) is 0 Å². The fraction of sp³-hybridized carbons (Fsp3) is 0.261. The number of aliphatic imine (C=N–C) groups is 1. The van der Waals surface area contributed by atoms with Gasteiger partial charge in [-0.25, -0.2) is 9.98 Å². The minimum Gasteiger partial charge on any atom is -0.857 e. The van der Waals surface area contributed by atoms with Crippen LogP contribution in [0.15, 0.2) is 40.0 Å². The first-order chi connectivity index (χ1) is 16.5. The summed E-state index contributed by atoms with van der Waals surface area (Å²) in [4.78, 5) is 10.7. The van der Waals surface area contributed by atoms with Crippen LogP contribution < -0.4 is 26.4 Å². The highest BCUT2D eigenvalue weighted by molar-refractivity contribution is 7.21. The second-order valence-corrected chi connectivity index (χ2v) is 9.14. The standard InChI is InChI=1S/C23H22N8O2S/c1-13-5-7-14(8-6-13)17-15(11-24)21(26)28-23-18(17)19(25)20(34-23)22(32)27-16-12-31(29-33-16)30-9-3-2-4-10-30/h5-8,12H,2-4,9-10H2,1H3,(H4-,25,26,27,28,29,32). The SMILES string of the molecule is Cc1ccc(-c2c(C#N)c(N)nc3sc(/C([O-])=N/c4c[n+](N5CCCCC5)no4)c(N)c23)cc1. The summed E-state index contributed by atoms with van der Waals surface area (Å²) >= 11 is 1.08. The minimum absolute atomic E-state index is 0.0800. The monoisotopic (exact) mass is 474 g/mol. The number of nitrogens with zero attached hydrogens (tertiary/aromatic N) is 6. The third kappa shape index (κ3) is 3.78. The number of hydrogen-bond acceptors (Lipinski definition) is 10. The van der Waals surface area contributed by atoms with Crippen LogP contribution in [0.25, 0.3) is 21.3 Å². The lowest BCUT2D eigenvalue weighted by molar-refractivity contribution is -0.759. The molecular weight excluding hydrogens is 452 g/mol. The second-order valence-electron chi connectivity index (χ2n) is 8.14. The molecule has 0 atom stereocenters. The quantitative estimate of drug-likeness (QED) is 0.259. The number of benzene rings is 1. The lowest BCUT2D eigenvalue weighted by Crippen LogP contribution is -2.60. The molecule has 10 nitrogen and oxygen atoms in total. The van der Waals surface area contributed by atoms with Gasteiger partial charge in [0.1, 0.15) is 22.3 Å². The fourth-order valence-corrected chi connectivity index (χ4v) is 5.09. The lowest BCUT2D eigenvalue weighted by Gasteiger charge is -2.17. The molecule has 11 heteroatoms. The molecule has 0 spiro atoms. The highest BCUT2D eigenvalue weighted by atomic mass is 32.1. The molecule has 3 aromatic heterocycles. The van der Waals surface area contributed by atoms with Gasteiger partial charge in [0.15, 0.2) is 0 Å². The number of piperidine rings is 1. The van der Waals surface area contributed by atoms with Crippen molar-refractivity contribution in [1.82, 2.24) is 10.3 Å². The van der Waals surface area contributed by atoms with E-state index in [-0.39, 0.29) is 27.8 Å². The lowest BCUT2D eigenvalue weighted by atomic mass is 9.96. The van der Waals surface area contributed by atoms with E-state index in [1.165, 1.54) is 6.42 Å². The van der Waals surface area contributed by atoms with Gasteiger partial charge >= 0.3 is 5.88 Å². The van der Waals surface area contributed by atoms with E-state index in [2.05, 4.69) is 21.3 Å². The van der Waals surface area contributed by atoms with Crippen molar-refractivity contribution in [2.24, 2.45) is 4.99 Å². The third-order valence-electron chi connectivity index (χ3n) is 5.83. The van der Waals surface area contributed by atoms with Gasteiger partial charge in [-0.1, -0.05) is 29.8 Å². The Kier molecular flexibility index (Phi) is 5.51. The van der Waals surface area contributed by atoms with Gasteiger partial charge in [-0.15, -0.1) is 11.3 Å². The van der Waals surface area contributed by atoms with E-state index in [1.807, 2.05) is 36.2 Å². The number of fused-ring (bicyclic) bond motifs is 1. The molecule has 0 amide bonds. The highest BCUT2D eigenvalue weighted by Gasteiger charge is 2.24. The van der Waals surface area contributed by atoms with Crippen molar-refractivity contribution in [1.29, 1.82) is 5.26 Å². The van der Waals surface area contributed by atoms with Crippen LogP contribution >= 0.6 is 11.3 Å². The third-order valence-corrected chi connectivity index (χ3v) is 6.92. The van der Waals surface area contributed by atoms with Gasteiger partial charge in [-0.2, -0.15) is 10.3 Å². The molecule has 34 heavy (non-hydrogen) atoms. The Morgan fingerprint density at radius 2 is 1.97 bits per heavy atom. The second kappa shape index (κ2) is 8.64.